The molecule has 0 saturated heterocycles. The van der Waals surface area contributed by atoms with Crippen molar-refractivity contribution < 1.29 is 18.3 Å². The fourth-order valence-electron chi connectivity index (χ4n) is 0.295. The van der Waals surface area contributed by atoms with E-state index in [9.17, 15) is 13.2 Å². The minimum atomic E-state index is -3.84. The van der Waals surface area contributed by atoms with E-state index in [2.05, 4.69) is 0 Å². The predicted octanol–water partition coefficient (Wildman–Crippen LogP) is 2.43. The van der Waals surface area contributed by atoms with Crippen LogP contribution in [-0.2, 0) is 0 Å². The van der Waals surface area contributed by atoms with E-state index in [1.165, 1.54) is 0 Å². The molecule has 0 bridgehead atoms. The number of hydrogen-bond donors (Lipinski definition) is 1. The lowest BCUT2D eigenvalue weighted by Gasteiger charge is -2.18. The Morgan fingerprint density at radius 3 is 2.18 bits per heavy atom. The summed E-state index contributed by atoms with van der Waals surface area (Å²) in [5.74, 6) is 0. The third kappa shape index (κ3) is 3.44. The average Bonchev–Trinajstić information content (AvgIpc) is 1.81. The third-order valence-corrected chi connectivity index (χ3v) is 1.98. The highest BCUT2D eigenvalue weighted by Crippen LogP contribution is 2.42. The second-order valence-corrected chi connectivity index (χ2v) is 3.25. The van der Waals surface area contributed by atoms with Gasteiger partial charge in [-0.3, -0.25) is 0 Å². The van der Waals surface area contributed by atoms with Crippen LogP contribution in [0.4, 0.5) is 13.2 Å². The first kappa shape index (κ1) is 11.3. The molecule has 11 heavy (non-hydrogen) atoms. The van der Waals surface area contributed by atoms with Crippen LogP contribution in [0.25, 0.3) is 0 Å². The zero-order valence-corrected chi connectivity index (χ0v) is 7.54. The molecule has 66 valence electrons. The van der Waals surface area contributed by atoms with Gasteiger partial charge in [0.2, 0.25) is 0 Å². The second kappa shape index (κ2) is 3.78. The summed E-state index contributed by atoms with van der Waals surface area (Å²) >= 11 is 6.49. The van der Waals surface area contributed by atoms with E-state index < -0.39 is 16.6 Å². The Kier molecular flexibility index (Phi) is 3.87. The van der Waals surface area contributed by atoms with Crippen molar-refractivity contribution in [3.8, 4) is 0 Å². The summed E-state index contributed by atoms with van der Waals surface area (Å²) in [4.78, 5) is -3.84. The molecule has 1 nitrogen and oxygen atoms in total. The van der Waals surface area contributed by atoms with Gasteiger partial charge in [0.05, 0.1) is 6.61 Å². The maximum atomic E-state index is 12.6. The van der Waals surface area contributed by atoms with E-state index in [0.717, 1.165) is 6.08 Å². The highest BCUT2D eigenvalue weighted by molar-refractivity contribution is 9.10. The Morgan fingerprint density at radius 1 is 1.45 bits per heavy atom. The smallest absolute Gasteiger partial charge is 0.352 e. The number of allylic oxidation sites excluding steroid dienone is 1. The van der Waals surface area contributed by atoms with Crippen molar-refractivity contribution in [2.75, 3.05) is 6.61 Å². The first-order chi connectivity index (χ1) is 4.81. The average molecular weight is 253 g/mol. The number of hydrogen-bond acceptors (Lipinski definition) is 1. The molecule has 0 saturated carbocycles. The molecule has 6 heteroatoms. The van der Waals surface area contributed by atoms with E-state index in [1.807, 2.05) is 0 Å². The van der Waals surface area contributed by atoms with Crippen LogP contribution >= 0.6 is 27.5 Å². The van der Waals surface area contributed by atoms with Crippen molar-refractivity contribution in [2.45, 2.75) is 9.96 Å². The largest absolute Gasteiger partial charge is 0.392 e. The molecule has 0 rings (SSSR count). The molecular formula is C5H5BrClF3O. The number of aliphatic hydroxyl groups excluding tert-OH is 1. The Morgan fingerprint density at radius 2 is 1.91 bits per heavy atom. The van der Waals surface area contributed by atoms with Crippen molar-refractivity contribution in [1.82, 2.24) is 0 Å². The van der Waals surface area contributed by atoms with E-state index in [1.54, 1.807) is 15.9 Å². The van der Waals surface area contributed by atoms with Gasteiger partial charge in [0.1, 0.15) is 0 Å². The number of aliphatic hydroxyl groups is 1. The highest BCUT2D eigenvalue weighted by Gasteiger charge is 2.49. The van der Waals surface area contributed by atoms with Gasteiger partial charge in [-0.25, -0.2) is 4.39 Å². The van der Waals surface area contributed by atoms with Crippen LogP contribution in [0.3, 0.4) is 0 Å². The lowest BCUT2D eigenvalue weighted by Crippen LogP contribution is -2.31. The summed E-state index contributed by atoms with van der Waals surface area (Å²) in [7, 11) is 0. The summed E-state index contributed by atoms with van der Waals surface area (Å²) in [5, 5.41) is 4.83. The van der Waals surface area contributed by atoms with E-state index >= 15 is 0 Å². The van der Waals surface area contributed by atoms with Gasteiger partial charge in [0.25, 0.3) is 5.13 Å². The van der Waals surface area contributed by atoms with Crippen molar-refractivity contribution in [3.05, 3.63) is 12.2 Å². The molecule has 0 unspecified atom stereocenters. The Labute approximate surface area is 75.0 Å². The van der Waals surface area contributed by atoms with Crippen molar-refractivity contribution in [3.63, 3.8) is 0 Å². The molecule has 1 N–H and O–H groups in total. The van der Waals surface area contributed by atoms with E-state index in [0.29, 0.717) is 6.08 Å². The fourth-order valence-corrected chi connectivity index (χ4v) is 0.516. The van der Waals surface area contributed by atoms with Crippen molar-refractivity contribution in [1.29, 1.82) is 0 Å². The van der Waals surface area contributed by atoms with Gasteiger partial charge in [-0.15, -0.1) is 0 Å². The van der Waals surface area contributed by atoms with Gasteiger partial charge in [0, 0.05) is 0 Å². The lowest BCUT2D eigenvalue weighted by molar-refractivity contribution is 0.0216. The zero-order valence-electron chi connectivity index (χ0n) is 5.20. The van der Waals surface area contributed by atoms with Crippen LogP contribution in [0.2, 0.25) is 0 Å². The number of alkyl halides is 5. The van der Waals surface area contributed by atoms with Gasteiger partial charge in [-0.2, -0.15) is 8.78 Å². The van der Waals surface area contributed by atoms with Crippen molar-refractivity contribution in [2.24, 2.45) is 0 Å². The van der Waals surface area contributed by atoms with Gasteiger partial charge >= 0.3 is 4.83 Å². The normalized spacial score (nSPS) is 18.7. The molecule has 0 aromatic carbocycles. The van der Waals surface area contributed by atoms with Crippen LogP contribution in [0.15, 0.2) is 12.2 Å². The topological polar surface area (TPSA) is 20.2 Å². The molecule has 1 atom stereocenters. The van der Waals surface area contributed by atoms with E-state index in [-0.39, 0.29) is 0 Å². The number of halogens is 5. The third-order valence-electron chi connectivity index (χ3n) is 0.811. The summed E-state index contributed by atoms with van der Waals surface area (Å²) in [6, 6.07) is 0. The molecule has 0 radical (unpaired) electrons. The molecule has 0 spiro atoms. The zero-order chi connectivity index (χ0) is 9.12. The summed E-state index contributed by atoms with van der Waals surface area (Å²) in [6.45, 7) is -0.540. The maximum absolute atomic E-state index is 12.6. The molecule has 0 aromatic rings. The van der Waals surface area contributed by atoms with Crippen molar-refractivity contribution >= 4 is 27.5 Å². The number of rotatable bonds is 3. The van der Waals surface area contributed by atoms with Gasteiger partial charge in [-0.1, -0.05) is 17.7 Å². The van der Waals surface area contributed by atoms with Crippen LogP contribution in [0.1, 0.15) is 0 Å². The highest BCUT2D eigenvalue weighted by atomic mass is 79.9. The molecule has 0 aromatic heterocycles. The van der Waals surface area contributed by atoms with Crippen LogP contribution in [0.5, 0.6) is 0 Å². The predicted molar refractivity (Wildman–Crippen MR) is 39.8 cm³/mol. The van der Waals surface area contributed by atoms with E-state index in [4.69, 9.17) is 16.7 Å². The first-order valence-electron chi connectivity index (χ1n) is 2.54. The Hall–Kier alpha value is 0.260. The Bertz CT molecular complexity index is 154. The molecule has 0 heterocycles. The summed E-state index contributed by atoms with van der Waals surface area (Å²) in [5.41, 5.74) is 0. The fraction of sp³-hybridized carbons (Fsp3) is 0.600. The standard InChI is InChI=1S/C5H5BrClF3O/c6-5(9,10)4(7,8)2-1-3-11/h1-2,11H,3H2/b2-1+/t4-/m1/s1. The van der Waals surface area contributed by atoms with Crippen LogP contribution < -0.4 is 0 Å². The first-order valence-corrected chi connectivity index (χ1v) is 3.71. The molecular weight excluding hydrogens is 248 g/mol. The maximum Gasteiger partial charge on any atom is 0.352 e. The Balaban J connectivity index is 4.34. The summed E-state index contributed by atoms with van der Waals surface area (Å²) < 4.78 is 36.8. The van der Waals surface area contributed by atoms with Crippen LogP contribution in [0, 0.1) is 0 Å². The second-order valence-electron chi connectivity index (χ2n) is 1.71. The molecule has 0 fully saturated rings. The van der Waals surface area contributed by atoms with Crippen LogP contribution in [-0.4, -0.2) is 21.7 Å². The molecule has 0 aliphatic heterocycles. The van der Waals surface area contributed by atoms with Gasteiger partial charge in [-0.05, 0) is 22.0 Å². The molecule has 0 amide bonds. The van der Waals surface area contributed by atoms with Gasteiger partial charge < -0.3 is 5.11 Å². The lowest BCUT2D eigenvalue weighted by atomic mass is 10.3. The minimum Gasteiger partial charge on any atom is -0.392 e. The quantitative estimate of drug-likeness (QED) is 0.605. The van der Waals surface area contributed by atoms with Gasteiger partial charge in [0.15, 0.2) is 0 Å². The molecule has 0 aliphatic carbocycles. The molecule has 0 aliphatic rings. The SMILES string of the molecule is OC/C=C/[C@](F)(Cl)C(F)(F)Br. The monoisotopic (exact) mass is 252 g/mol. The summed E-state index contributed by atoms with van der Waals surface area (Å²) in [6.07, 6.45) is 1.17. The minimum absolute atomic E-state index is 0.378.